The van der Waals surface area contributed by atoms with E-state index >= 15 is 0 Å². The zero-order chi connectivity index (χ0) is 12.3. The van der Waals surface area contributed by atoms with Gasteiger partial charge in [-0.1, -0.05) is 0 Å². The summed E-state index contributed by atoms with van der Waals surface area (Å²) in [6, 6.07) is 13.2. The van der Waals surface area contributed by atoms with E-state index in [1.165, 1.54) is 12.1 Å². The van der Waals surface area contributed by atoms with Gasteiger partial charge in [-0.25, -0.2) is 8.42 Å². The van der Waals surface area contributed by atoms with Crippen molar-refractivity contribution >= 4 is 16.4 Å². The molecule has 0 atom stereocenters. The molecule has 0 aliphatic rings. The standard InChI is InChI=1S/C12H11NO3S/c13-9-1-3-10(4-2-9)16-11-5-7-12(8-6-11)17(14)15/h1-8,17H,13H2. The van der Waals surface area contributed by atoms with Crippen LogP contribution in [-0.4, -0.2) is 8.42 Å². The predicted molar refractivity (Wildman–Crippen MR) is 66.0 cm³/mol. The monoisotopic (exact) mass is 249 g/mol. The summed E-state index contributed by atoms with van der Waals surface area (Å²) in [5.74, 6) is 1.23. The molecule has 2 N–H and O–H groups in total. The van der Waals surface area contributed by atoms with Crippen LogP contribution >= 0.6 is 0 Å². The molecule has 0 unspecified atom stereocenters. The van der Waals surface area contributed by atoms with Crippen LogP contribution in [0.2, 0.25) is 0 Å². The molecule has 17 heavy (non-hydrogen) atoms. The molecule has 0 saturated heterocycles. The first-order valence-corrected chi connectivity index (χ1v) is 6.11. The van der Waals surface area contributed by atoms with Gasteiger partial charge in [0, 0.05) is 5.69 Å². The number of nitrogen functional groups attached to an aromatic ring is 1. The molecule has 5 heteroatoms. The highest BCUT2D eigenvalue weighted by Gasteiger charge is 1.98. The number of thiol groups is 1. The van der Waals surface area contributed by atoms with Crippen molar-refractivity contribution < 1.29 is 13.2 Å². The Morgan fingerprint density at radius 1 is 0.824 bits per heavy atom. The van der Waals surface area contributed by atoms with Crippen molar-refractivity contribution in [2.24, 2.45) is 0 Å². The first-order chi connectivity index (χ1) is 8.15. The maximum atomic E-state index is 10.7. The van der Waals surface area contributed by atoms with E-state index in [1.54, 1.807) is 36.4 Å². The van der Waals surface area contributed by atoms with Gasteiger partial charge in [-0.15, -0.1) is 0 Å². The lowest BCUT2D eigenvalue weighted by molar-refractivity contribution is 0.482. The number of anilines is 1. The van der Waals surface area contributed by atoms with Crippen molar-refractivity contribution in [2.45, 2.75) is 4.90 Å². The van der Waals surface area contributed by atoms with Crippen molar-refractivity contribution in [3.05, 3.63) is 48.5 Å². The van der Waals surface area contributed by atoms with Crippen molar-refractivity contribution in [3.8, 4) is 11.5 Å². The molecule has 0 saturated carbocycles. The second-order valence-electron chi connectivity index (χ2n) is 3.42. The first-order valence-electron chi connectivity index (χ1n) is 4.93. The van der Waals surface area contributed by atoms with Crippen LogP contribution < -0.4 is 10.5 Å². The molecule has 2 aromatic carbocycles. The number of ether oxygens (including phenoxy) is 1. The number of hydrogen-bond acceptors (Lipinski definition) is 4. The third-order valence-corrected chi connectivity index (χ3v) is 2.88. The third-order valence-electron chi connectivity index (χ3n) is 2.16. The van der Waals surface area contributed by atoms with Gasteiger partial charge in [-0.2, -0.15) is 0 Å². The van der Waals surface area contributed by atoms with Gasteiger partial charge in [-0.05, 0) is 48.5 Å². The third kappa shape index (κ3) is 2.98. The summed E-state index contributed by atoms with van der Waals surface area (Å²) in [5, 5.41) is 0. The van der Waals surface area contributed by atoms with Crippen LogP contribution in [0.25, 0.3) is 0 Å². The van der Waals surface area contributed by atoms with Crippen LogP contribution in [0.1, 0.15) is 0 Å². The Kier molecular flexibility index (Phi) is 3.30. The molecule has 88 valence electrons. The maximum absolute atomic E-state index is 10.7. The Labute approximate surface area is 101 Å². The van der Waals surface area contributed by atoms with E-state index in [4.69, 9.17) is 10.5 Å². The molecular weight excluding hydrogens is 238 g/mol. The van der Waals surface area contributed by atoms with Crippen molar-refractivity contribution in [2.75, 3.05) is 5.73 Å². The van der Waals surface area contributed by atoms with E-state index in [-0.39, 0.29) is 4.90 Å². The lowest BCUT2D eigenvalue weighted by Gasteiger charge is -2.05. The summed E-state index contributed by atoms with van der Waals surface area (Å²) in [6.07, 6.45) is 0. The largest absolute Gasteiger partial charge is 0.457 e. The summed E-state index contributed by atoms with van der Waals surface area (Å²) in [7, 11) is -2.54. The minimum Gasteiger partial charge on any atom is -0.457 e. The lowest BCUT2D eigenvalue weighted by Crippen LogP contribution is -1.87. The van der Waals surface area contributed by atoms with Gasteiger partial charge in [0.1, 0.15) is 11.5 Å². The number of rotatable bonds is 3. The smallest absolute Gasteiger partial charge is 0.168 e. The quantitative estimate of drug-likeness (QED) is 0.645. The molecule has 0 spiro atoms. The highest BCUT2D eigenvalue weighted by atomic mass is 32.2. The Morgan fingerprint density at radius 3 is 1.76 bits per heavy atom. The highest BCUT2D eigenvalue weighted by Crippen LogP contribution is 2.22. The summed E-state index contributed by atoms with van der Waals surface area (Å²) in [4.78, 5) is 0.268. The molecule has 0 aliphatic heterocycles. The minimum absolute atomic E-state index is 0.268. The molecule has 0 amide bonds. The molecule has 0 aliphatic carbocycles. The number of hydrogen-bond donors (Lipinski definition) is 2. The summed E-state index contributed by atoms with van der Waals surface area (Å²) in [6.45, 7) is 0. The average molecular weight is 249 g/mol. The van der Waals surface area contributed by atoms with Crippen molar-refractivity contribution in [1.82, 2.24) is 0 Å². The predicted octanol–water partition coefficient (Wildman–Crippen LogP) is 2.03. The van der Waals surface area contributed by atoms with Crippen LogP contribution in [0.4, 0.5) is 5.69 Å². The minimum atomic E-state index is -2.54. The fourth-order valence-corrected chi connectivity index (χ4v) is 1.70. The topological polar surface area (TPSA) is 69.4 Å². The van der Waals surface area contributed by atoms with Crippen LogP contribution in [0, 0.1) is 0 Å². The Morgan fingerprint density at radius 2 is 1.29 bits per heavy atom. The SMILES string of the molecule is Nc1ccc(Oc2ccc([SH](=O)=O)cc2)cc1. The van der Waals surface area contributed by atoms with E-state index in [1.807, 2.05) is 0 Å². The van der Waals surface area contributed by atoms with E-state index in [0.717, 1.165) is 0 Å². The summed E-state index contributed by atoms with van der Waals surface area (Å²) < 4.78 is 26.9. The molecule has 4 nitrogen and oxygen atoms in total. The van der Waals surface area contributed by atoms with E-state index in [9.17, 15) is 8.42 Å². The first kappa shape index (κ1) is 11.5. The van der Waals surface area contributed by atoms with Gasteiger partial charge < -0.3 is 10.5 Å². The normalized spacial score (nSPS) is 10.4. The molecule has 0 heterocycles. The molecule has 2 rings (SSSR count). The Bertz CT molecular complexity index is 566. The van der Waals surface area contributed by atoms with Gasteiger partial charge >= 0.3 is 0 Å². The molecule has 2 aromatic rings. The van der Waals surface area contributed by atoms with Crippen LogP contribution in [-0.2, 0) is 10.7 Å². The van der Waals surface area contributed by atoms with Crippen LogP contribution in [0.3, 0.4) is 0 Å². The number of benzene rings is 2. The number of nitrogens with two attached hydrogens (primary N) is 1. The van der Waals surface area contributed by atoms with Crippen molar-refractivity contribution in [1.29, 1.82) is 0 Å². The fraction of sp³-hybridized carbons (Fsp3) is 0. The zero-order valence-electron chi connectivity index (χ0n) is 8.87. The van der Waals surface area contributed by atoms with Crippen molar-refractivity contribution in [3.63, 3.8) is 0 Å². The van der Waals surface area contributed by atoms with Crippen LogP contribution in [0.15, 0.2) is 53.4 Å². The lowest BCUT2D eigenvalue weighted by atomic mass is 10.3. The van der Waals surface area contributed by atoms with Crippen LogP contribution in [0.5, 0.6) is 11.5 Å². The molecule has 0 bridgehead atoms. The summed E-state index contributed by atoms with van der Waals surface area (Å²) >= 11 is 0. The van der Waals surface area contributed by atoms with E-state index < -0.39 is 10.7 Å². The maximum Gasteiger partial charge on any atom is 0.168 e. The molecule has 0 fully saturated rings. The molecular formula is C12H11NO3S. The van der Waals surface area contributed by atoms with Gasteiger partial charge in [0.05, 0.1) is 4.90 Å². The van der Waals surface area contributed by atoms with Gasteiger partial charge in [0.25, 0.3) is 0 Å². The Balaban J connectivity index is 2.16. The van der Waals surface area contributed by atoms with E-state index in [0.29, 0.717) is 17.2 Å². The van der Waals surface area contributed by atoms with Gasteiger partial charge in [-0.3, -0.25) is 0 Å². The highest BCUT2D eigenvalue weighted by molar-refractivity contribution is 7.72. The average Bonchev–Trinajstić information content (AvgIpc) is 2.33. The fourth-order valence-electron chi connectivity index (χ4n) is 1.31. The van der Waals surface area contributed by atoms with E-state index in [2.05, 4.69) is 0 Å². The molecule has 0 radical (unpaired) electrons. The molecule has 0 aromatic heterocycles. The van der Waals surface area contributed by atoms with Gasteiger partial charge in [0.2, 0.25) is 0 Å². The second-order valence-corrected chi connectivity index (χ2v) is 4.45. The Hall–Kier alpha value is -2.01. The second kappa shape index (κ2) is 4.88. The summed E-state index contributed by atoms with van der Waals surface area (Å²) in [5.41, 5.74) is 6.21. The van der Waals surface area contributed by atoms with Gasteiger partial charge in [0.15, 0.2) is 10.7 Å². The zero-order valence-corrected chi connectivity index (χ0v) is 9.76.